The van der Waals surface area contributed by atoms with E-state index in [2.05, 4.69) is 9.97 Å². The van der Waals surface area contributed by atoms with Crippen LogP contribution in [-0.2, 0) is 0 Å². The molecule has 0 aromatic carbocycles. The summed E-state index contributed by atoms with van der Waals surface area (Å²) in [5, 5.41) is 10.1. The highest BCUT2D eigenvalue weighted by molar-refractivity contribution is 7.16. The van der Waals surface area contributed by atoms with Gasteiger partial charge in [0, 0.05) is 18.0 Å². The first-order chi connectivity index (χ1) is 5.86. The Labute approximate surface area is 73.4 Å². The first-order valence-corrected chi connectivity index (χ1v) is 4.23. The van der Waals surface area contributed by atoms with Crippen molar-refractivity contribution >= 4 is 11.3 Å². The smallest absolute Gasteiger partial charge is 0.192 e. The normalized spacial score (nSPS) is 10.0. The van der Waals surface area contributed by atoms with E-state index >= 15 is 0 Å². The summed E-state index contributed by atoms with van der Waals surface area (Å²) in [5.74, 6) is 0. The van der Waals surface area contributed by atoms with Gasteiger partial charge in [0.1, 0.15) is 5.01 Å². The summed E-state index contributed by atoms with van der Waals surface area (Å²) >= 11 is 1.25. The van der Waals surface area contributed by atoms with Gasteiger partial charge in [0.05, 0.1) is 6.20 Å². The highest BCUT2D eigenvalue weighted by Crippen LogP contribution is 2.27. The van der Waals surface area contributed by atoms with Crippen LogP contribution in [0.25, 0.3) is 10.6 Å². The average Bonchev–Trinajstić information content (AvgIpc) is 2.54. The molecular formula is C8H6N2OS. The fourth-order valence-corrected chi connectivity index (χ4v) is 1.54. The quantitative estimate of drug-likeness (QED) is 0.725. The summed E-state index contributed by atoms with van der Waals surface area (Å²) < 4.78 is 0. The van der Waals surface area contributed by atoms with Crippen LogP contribution in [0.15, 0.2) is 30.7 Å². The molecule has 0 aliphatic rings. The number of nitrogens with zero attached hydrogens (tertiary/aromatic N) is 2. The van der Waals surface area contributed by atoms with Crippen LogP contribution in [0.2, 0.25) is 0 Å². The lowest BCUT2D eigenvalue weighted by molar-refractivity contribution is 0.489. The van der Waals surface area contributed by atoms with E-state index in [0.717, 1.165) is 10.6 Å². The maximum atomic E-state index is 9.05. The molecule has 1 N–H and O–H groups in total. The highest BCUT2D eigenvalue weighted by atomic mass is 32.1. The van der Waals surface area contributed by atoms with Gasteiger partial charge in [-0.15, -0.1) is 0 Å². The molecule has 3 nitrogen and oxygen atoms in total. The predicted octanol–water partition coefficient (Wildman–Crippen LogP) is 1.91. The zero-order valence-electron chi connectivity index (χ0n) is 6.14. The van der Waals surface area contributed by atoms with E-state index in [1.54, 1.807) is 12.4 Å². The summed E-state index contributed by atoms with van der Waals surface area (Å²) in [6, 6.07) is 3.75. The number of hydrogen-bond acceptors (Lipinski definition) is 4. The second kappa shape index (κ2) is 2.91. The zero-order chi connectivity index (χ0) is 8.39. The minimum atomic E-state index is 0.230. The molecule has 0 saturated carbocycles. The molecule has 2 aromatic rings. The molecule has 0 fully saturated rings. The summed E-state index contributed by atoms with van der Waals surface area (Å²) in [5.41, 5.74) is 0.933. The van der Waals surface area contributed by atoms with Crippen molar-refractivity contribution in [2.45, 2.75) is 0 Å². The summed E-state index contributed by atoms with van der Waals surface area (Å²) in [4.78, 5) is 7.97. The van der Waals surface area contributed by atoms with Crippen molar-refractivity contribution in [2.75, 3.05) is 0 Å². The number of aromatic hydroxyl groups is 1. The Kier molecular flexibility index (Phi) is 1.75. The van der Waals surface area contributed by atoms with Crippen molar-refractivity contribution in [1.82, 2.24) is 9.97 Å². The Bertz CT molecular complexity index is 372. The van der Waals surface area contributed by atoms with Crippen molar-refractivity contribution in [3.8, 4) is 15.6 Å². The lowest BCUT2D eigenvalue weighted by atomic mass is 10.3. The minimum absolute atomic E-state index is 0.230. The summed E-state index contributed by atoms with van der Waals surface area (Å²) in [7, 11) is 0. The topological polar surface area (TPSA) is 46.0 Å². The molecule has 60 valence electrons. The van der Waals surface area contributed by atoms with Crippen molar-refractivity contribution in [1.29, 1.82) is 0 Å². The van der Waals surface area contributed by atoms with E-state index < -0.39 is 0 Å². The molecule has 0 amide bonds. The van der Waals surface area contributed by atoms with Gasteiger partial charge in [-0.3, -0.25) is 4.98 Å². The maximum Gasteiger partial charge on any atom is 0.192 e. The third kappa shape index (κ3) is 1.29. The Morgan fingerprint density at radius 2 is 2.25 bits per heavy atom. The van der Waals surface area contributed by atoms with Gasteiger partial charge >= 0.3 is 0 Å². The van der Waals surface area contributed by atoms with Gasteiger partial charge in [-0.05, 0) is 12.1 Å². The van der Waals surface area contributed by atoms with E-state index in [0.29, 0.717) is 0 Å². The van der Waals surface area contributed by atoms with E-state index in [1.807, 2.05) is 12.1 Å². The van der Waals surface area contributed by atoms with Gasteiger partial charge in [-0.1, -0.05) is 11.3 Å². The largest absolute Gasteiger partial charge is 0.498 e. The number of thiazole rings is 1. The average molecular weight is 178 g/mol. The van der Waals surface area contributed by atoms with Crippen LogP contribution in [-0.4, -0.2) is 15.1 Å². The molecule has 0 atom stereocenters. The van der Waals surface area contributed by atoms with Gasteiger partial charge in [0.15, 0.2) is 5.06 Å². The van der Waals surface area contributed by atoms with Crippen LogP contribution >= 0.6 is 11.3 Å². The molecule has 0 aliphatic carbocycles. The van der Waals surface area contributed by atoms with Crippen LogP contribution < -0.4 is 0 Å². The fraction of sp³-hybridized carbons (Fsp3) is 0. The number of aromatic nitrogens is 2. The Hall–Kier alpha value is -1.42. The predicted molar refractivity (Wildman–Crippen MR) is 47.0 cm³/mol. The van der Waals surface area contributed by atoms with E-state index in [9.17, 15) is 0 Å². The monoisotopic (exact) mass is 178 g/mol. The molecule has 2 heterocycles. The standard InChI is InChI=1S/C8H6N2OS/c11-7-5-10-8(12-7)6-2-1-3-9-4-6/h1-5,11H. The lowest BCUT2D eigenvalue weighted by Crippen LogP contribution is -1.75. The lowest BCUT2D eigenvalue weighted by Gasteiger charge is -1.91. The Morgan fingerprint density at radius 3 is 2.83 bits per heavy atom. The van der Waals surface area contributed by atoms with E-state index in [1.165, 1.54) is 17.5 Å². The highest BCUT2D eigenvalue weighted by Gasteiger charge is 2.01. The van der Waals surface area contributed by atoms with Gasteiger partial charge in [0.2, 0.25) is 0 Å². The van der Waals surface area contributed by atoms with Gasteiger partial charge in [-0.25, -0.2) is 4.98 Å². The molecule has 0 spiro atoms. The SMILES string of the molecule is Oc1cnc(-c2cccnc2)s1. The molecule has 12 heavy (non-hydrogen) atoms. The minimum Gasteiger partial charge on any atom is -0.498 e. The molecule has 2 aromatic heterocycles. The third-order valence-electron chi connectivity index (χ3n) is 1.40. The molecule has 0 saturated heterocycles. The molecular weight excluding hydrogens is 172 g/mol. The number of hydrogen-bond donors (Lipinski definition) is 1. The van der Waals surface area contributed by atoms with Crippen LogP contribution in [0, 0.1) is 0 Å². The first kappa shape index (κ1) is 7.24. The molecule has 0 bridgehead atoms. The molecule has 0 unspecified atom stereocenters. The van der Waals surface area contributed by atoms with Crippen LogP contribution in [0.5, 0.6) is 5.06 Å². The van der Waals surface area contributed by atoms with Crippen LogP contribution in [0.1, 0.15) is 0 Å². The van der Waals surface area contributed by atoms with Crippen LogP contribution in [0.3, 0.4) is 0 Å². The van der Waals surface area contributed by atoms with Gasteiger partial charge < -0.3 is 5.11 Å². The maximum absolute atomic E-state index is 9.05. The molecule has 2 rings (SSSR count). The van der Waals surface area contributed by atoms with Crippen LogP contribution in [0.4, 0.5) is 0 Å². The third-order valence-corrected chi connectivity index (χ3v) is 2.25. The second-order valence-corrected chi connectivity index (χ2v) is 3.25. The summed E-state index contributed by atoms with van der Waals surface area (Å²) in [6.07, 6.45) is 4.86. The number of rotatable bonds is 1. The molecule has 0 aliphatic heterocycles. The number of pyridine rings is 1. The Morgan fingerprint density at radius 1 is 1.33 bits per heavy atom. The van der Waals surface area contributed by atoms with Crippen molar-refractivity contribution in [3.63, 3.8) is 0 Å². The van der Waals surface area contributed by atoms with E-state index in [-0.39, 0.29) is 5.06 Å². The van der Waals surface area contributed by atoms with Gasteiger partial charge in [0.25, 0.3) is 0 Å². The second-order valence-electron chi connectivity index (χ2n) is 2.25. The summed E-state index contributed by atoms with van der Waals surface area (Å²) in [6.45, 7) is 0. The molecule has 4 heteroatoms. The Balaban J connectivity index is 2.45. The van der Waals surface area contributed by atoms with E-state index in [4.69, 9.17) is 5.11 Å². The van der Waals surface area contributed by atoms with Crippen molar-refractivity contribution in [2.24, 2.45) is 0 Å². The molecule has 0 radical (unpaired) electrons. The van der Waals surface area contributed by atoms with Crippen molar-refractivity contribution in [3.05, 3.63) is 30.7 Å². The first-order valence-electron chi connectivity index (χ1n) is 3.41. The zero-order valence-corrected chi connectivity index (χ0v) is 6.95. The van der Waals surface area contributed by atoms with Crippen molar-refractivity contribution < 1.29 is 5.11 Å². The fourth-order valence-electron chi connectivity index (χ4n) is 0.888. The van der Waals surface area contributed by atoms with Gasteiger partial charge in [-0.2, -0.15) is 0 Å².